The Morgan fingerprint density at radius 3 is 2.80 bits per heavy atom. The number of hydrogen-bond acceptors (Lipinski definition) is 3. The first-order valence-electron chi connectivity index (χ1n) is 3.24. The maximum absolute atomic E-state index is 5.81. The first kappa shape index (κ1) is 7.69. The van der Waals surface area contributed by atoms with Crippen LogP contribution < -0.4 is 5.73 Å². The van der Waals surface area contributed by atoms with E-state index in [4.69, 9.17) is 5.73 Å². The maximum atomic E-state index is 5.81. The van der Waals surface area contributed by atoms with E-state index < -0.39 is 0 Å². The standard InChI is InChI=1S/C7H12N2S/c1-7(2,8)3-6-4-9-5-10-6/h4-5H,3,8H2,1-2H3. The van der Waals surface area contributed by atoms with Gasteiger partial charge >= 0.3 is 0 Å². The molecule has 0 aliphatic carbocycles. The topological polar surface area (TPSA) is 38.9 Å². The van der Waals surface area contributed by atoms with Gasteiger partial charge in [-0.2, -0.15) is 0 Å². The first-order valence-corrected chi connectivity index (χ1v) is 4.12. The van der Waals surface area contributed by atoms with Crippen molar-refractivity contribution in [1.29, 1.82) is 0 Å². The van der Waals surface area contributed by atoms with Gasteiger partial charge in [-0.3, -0.25) is 4.98 Å². The molecule has 1 aromatic heterocycles. The van der Waals surface area contributed by atoms with Gasteiger partial charge in [0.25, 0.3) is 0 Å². The van der Waals surface area contributed by atoms with Gasteiger partial charge in [0.15, 0.2) is 0 Å². The van der Waals surface area contributed by atoms with Crippen molar-refractivity contribution in [1.82, 2.24) is 4.98 Å². The molecule has 0 saturated heterocycles. The fourth-order valence-electron chi connectivity index (χ4n) is 0.778. The Hall–Kier alpha value is -0.410. The lowest BCUT2D eigenvalue weighted by Crippen LogP contribution is -2.33. The SMILES string of the molecule is CC(C)(N)Cc1cncs1. The number of aromatic nitrogens is 1. The maximum Gasteiger partial charge on any atom is 0.0794 e. The average Bonchev–Trinajstić information content (AvgIpc) is 2.12. The van der Waals surface area contributed by atoms with Crippen LogP contribution >= 0.6 is 11.3 Å². The molecule has 2 nitrogen and oxygen atoms in total. The second-order valence-electron chi connectivity index (χ2n) is 3.13. The quantitative estimate of drug-likeness (QED) is 0.703. The van der Waals surface area contributed by atoms with Gasteiger partial charge in [0.1, 0.15) is 0 Å². The van der Waals surface area contributed by atoms with Crippen molar-refractivity contribution in [3.05, 3.63) is 16.6 Å². The molecule has 0 aliphatic rings. The summed E-state index contributed by atoms with van der Waals surface area (Å²) >= 11 is 1.66. The summed E-state index contributed by atoms with van der Waals surface area (Å²) in [6.07, 6.45) is 2.79. The predicted molar refractivity (Wildman–Crippen MR) is 44.1 cm³/mol. The minimum Gasteiger partial charge on any atom is -0.325 e. The van der Waals surface area contributed by atoms with Crippen molar-refractivity contribution in [3.8, 4) is 0 Å². The van der Waals surface area contributed by atoms with Gasteiger partial charge in [0.2, 0.25) is 0 Å². The largest absolute Gasteiger partial charge is 0.325 e. The van der Waals surface area contributed by atoms with Crippen LogP contribution in [0.3, 0.4) is 0 Å². The monoisotopic (exact) mass is 156 g/mol. The Kier molecular flexibility index (Phi) is 2.06. The van der Waals surface area contributed by atoms with E-state index in [1.165, 1.54) is 4.88 Å². The molecular formula is C7H12N2S. The van der Waals surface area contributed by atoms with Gasteiger partial charge in [-0.25, -0.2) is 0 Å². The zero-order valence-corrected chi connectivity index (χ0v) is 7.11. The minimum absolute atomic E-state index is 0.105. The normalized spacial score (nSPS) is 11.9. The fourth-order valence-corrected chi connectivity index (χ4v) is 1.61. The molecule has 2 N–H and O–H groups in total. The lowest BCUT2D eigenvalue weighted by atomic mass is 10.0. The molecule has 1 heterocycles. The predicted octanol–water partition coefficient (Wildman–Crippen LogP) is 1.42. The van der Waals surface area contributed by atoms with E-state index in [-0.39, 0.29) is 5.54 Å². The molecule has 0 atom stereocenters. The Balaban J connectivity index is 2.57. The zero-order valence-electron chi connectivity index (χ0n) is 6.29. The molecule has 3 heteroatoms. The van der Waals surface area contributed by atoms with E-state index in [1.54, 1.807) is 11.3 Å². The lowest BCUT2D eigenvalue weighted by molar-refractivity contribution is 0.520. The van der Waals surface area contributed by atoms with Crippen LogP contribution in [0.2, 0.25) is 0 Å². The fraction of sp³-hybridized carbons (Fsp3) is 0.571. The molecular weight excluding hydrogens is 144 g/mol. The van der Waals surface area contributed by atoms with Crippen molar-refractivity contribution in [2.45, 2.75) is 25.8 Å². The average molecular weight is 156 g/mol. The summed E-state index contributed by atoms with van der Waals surface area (Å²) in [6, 6.07) is 0. The summed E-state index contributed by atoms with van der Waals surface area (Å²) in [5, 5.41) is 0. The van der Waals surface area contributed by atoms with Gasteiger partial charge in [-0.05, 0) is 13.8 Å². The lowest BCUT2D eigenvalue weighted by Gasteiger charge is -2.15. The first-order chi connectivity index (χ1) is 4.58. The van der Waals surface area contributed by atoms with Crippen molar-refractivity contribution >= 4 is 11.3 Å². The van der Waals surface area contributed by atoms with Crippen molar-refractivity contribution in [2.24, 2.45) is 5.73 Å². The number of nitrogens with zero attached hydrogens (tertiary/aromatic N) is 1. The summed E-state index contributed by atoms with van der Waals surface area (Å²) in [6.45, 7) is 4.04. The third kappa shape index (κ3) is 2.45. The Labute approximate surface area is 65.1 Å². The van der Waals surface area contributed by atoms with Gasteiger partial charge in [0, 0.05) is 23.0 Å². The highest BCUT2D eigenvalue weighted by molar-refractivity contribution is 7.09. The van der Waals surface area contributed by atoms with Gasteiger partial charge < -0.3 is 5.73 Å². The second-order valence-corrected chi connectivity index (χ2v) is 4.10. The summed E-state index contributed by atoms with van der Waals surface area (Å²) in [5.74, 6) is 0. The van der Waals surface area contributed by atoms with Crippen molar-refractivity contribution in [3.63, 3.8) is 0 Å². The molecule has 0 bridgehead atoms. The van der Waals surface area contributed by atoms with Crippen LogP contribution in [-0.4, -0.2) is 10.5 Å². The van der Waals surface area contributed by atoms with Crippen LogP contribution in [0.1, 0.15) is 18.7 Å². The van der Waals surface area contributed by atoms with Crippen molar-refractivity contribution < 1.29 is 0 Å². The van der Waals surface area contributed by atoms with Crippen molar-refractivity contribution in [2.75, 3.05) is 0 Å². The van der Waals surface area contributed by atoms with Gasteiger partial charge in [-0.15, -0.1) is 11.3 Å². The third-order valence-corrected chi connectivity index (χ3v) is 1.89. The van der Waals surface area contributed by atoms with Gasteiger partial charge in [-0.1, -0.05) is 0 Å². The molecule has 1 rings (SSSR count). The number of hydrogen-bond donors (Lipinski definition) is 1. The molecule has 0 aliphatic heterocycles. The van der Waals surface area contributed by atoms with Crippen LogP contribution in [0.4, 0.5) is 0 Å². The molecule has 0 aromatic carbocycles. The van der Waals surface area contributed by atoms with E-state index >= 15 is 0 Å². The Bertz CT molecular complexity index is 186. The van der Waals surface area contributed by atoms with Crippen LogP contribution in [-0.2, 0) is 6.42 Å². The molecule has 1 aromatic rings. The summed E-state index contributed by atoms with van der Waals surface area (Å²) < 4.78 is 0. The van der Waals surface area contributed by atoms with E-state index in [1.807, 2.05) is 25.6 Å². The number of thiazole rings is 1. The van der Waals surface area contributed by atoms with Crippen LogP contribution in [0.5, 0.6) is 0 Å². The second kappa shape index (κ2) is 2.68. The van der Waals surface area contributed by atoms with Crippen LogP contribution in [0.25, 0.3) is 0 Å². The van der Waals surface area contributed by atoms with Gasteiger partial charge in [0.05, 0.1) is 5.51 Å². The molecule has 10 heavy (non-hydrogen) atoms. The van der Waals surface area contributed by atoms with Crippen LogP contribution in [0.15, 0.2) is 11.7 Å². The third-order valence-electron chi connectivity index (χ3n) is 1.11. The minimum atomic E-state index is -0.105. The molecule has 0 radical (unpaired) electrons. The molecule has 0 amide bonds. The number of rotatable bonds is 2. The molecule has 0 spiro atoms. The smallest absolute Gasteiger partial charge is 0.0794 e. The zero-order chi connectivity index (χ0) is 7.61. The van der Waals surface area contributed by atoms with E-state index in [2.05, 4.69) is 4.98 Å². The Morgan fingerprint density at radius 2 is 2.40 bits per heavy atom. The molecule has 0 fully saturated rings. The highest BCUT2D eigenvalue weighted by Gasteiger charge is 2.11. The van der Waals surface area contributed by atoms with E-state index in [0.29, 0.717) is 0 Å². The number of nitrogens with two attached hydrogens (primary N) is 1. The van der Waals surface area contributed by atoms with Crippen LogP contribution in [0, 0.1) is 0 Å². The highest BCUT2D eigenvalue weighted by atomic mass is 32.1. The molecule has 0 unspecified atom stereocenters. The summed E-state index contributed by atoms with van der Waals surface area (Å²) in [4.78, 5) is 5.23. The molecule has 56 valence electrons. The summed E-state index contributed by atoms with van der Waals surface area (Å²) in [7, 11) is 0. The van der Waals surface area contributed by atoms with E-state index in [0.717, 1.165) is 6.42 Å². The van der Waals surface area contributed by atoms with E-state index in [9.17, 15) is 0 Å². The molecule has 0 saturated carbocycles. The summed E-state index contributed by atoms with van der Waals surface area (Å²) in [5.41, 5.74) is 7.54. The highest BCUT2D eigenvalue weighted by Crippen LogP contribution is 2.12. The Morgan fingerprint density at radius 1 is 1.70 bits per heavy atom.